The van der Waals surface area contributed by atoms with Gasteiger partial charge < -0.3 is 10.1 Å². The van der Waals surface area contributed by atoms with Gasteiger partial charge in [0.05, 0.1) is 12.7 Å². The predicted octanol–water partition coefficient (Wildman–Crippen LogP) is 2.54. The van der Waals surface area contributed by atoms with E-state index in [9.17, 15) is 0 Å². The van der Waals surface area contributed by atoms with Crippen LogP contribution in [0.3, 0.4) is 0 Å². The van der Waals surface area contributed by atoms with Gasteiger partial charge in [-0.05, 0) is 12.8 Å². The van der Waals surface area contributed by atoms with E-state index in [0.29, 0.717) is 18.1 Å². The first-order valence-corrected chi connectivity index (χ1v) is 8.76. The molecule has 0 spiro atoms. The van der Waals surface area contributed by atoms with E-state index in [1.54, 1.807) is 0 Å². The summed E-state index contributed by atoms with van der Waals surface area (Å²) >= 11 is 0. The third-order valence-electron chi connectivity index (χ3n) is 5.28. The summed E-state index contributed by atoms with van der Waals surface area (Å²) in [4.78, 5) is 11.8. The van der Waals surface area contributed by atoms with Crippen molar-refractivity contribution in [1.82, 2.24) is 20.2 Å². The second kappa shape index (κ2) is 9.30. The maximum Gasteiger partial charge on any atom is 0.131 e. The summed E-state index contributed by atoms with van der Waals surface area (Å²) in [6.07, 6.45) is 11.0. The molecule has 5 nitrogen and oxygen atoms in total. The average Bonchev–Trinajstić information content (AvgIpc) is 2.98. The van der Waals surface area contributed by atoms with Crippen molar-refractivity contribution < 1.29 is 4.74 Å². The molecule has 0 amide bonds. The van der Waals surface area contributed by atoms with E-state index in [2.05, 4.69) is 20.2 Å². The summed E-state index contributed by atoms with van der Waals surface area (Å²) in [5.74, 6) is 1.65. The lowest BCUT2D eigenvalue weighted by molar-refractivity contribution is 0.0175. The van der Waals surface area contributed by atoms with Gasteiger partial charge in [-0.2, -0.15) is 0 Å². The Bertz CT molecular complexity index is 482. The second-order valence-electron chi connectivity index (χ2n) is 6.95. The minimum Gasteiger partial charge on any atom is -0.374 e. The highest BCUT2D eigenvalue weighted by Crippen LogP contribution is 2.30. The molecule has 1 N–H and O–H groups in total. The number of rotatable bonds is 3. The molecule has 7 heteroatoms. The maximum absolute atomic E-state index is 5.83. The topological polar surface area (TPSA) is 50.3 Å². The number of fused-ring (bicyclic) bond motifs is 1. The van der Waals surface area contributed by atoms with E-state index in [1.165, 1.54) is 37.7 Å². The Morgan fingerprint density at radius 3 is 2.54 bits per heavy atom. The van der Waals surface area contributed by atoms with Crippen molar-refractivity contribution in [3.05, 3.63) is 23.8 Å². The number of aromatic nitrogens is 2. The first-order valence-electron chi connectivity index (χ1n) is 8.76. The summed E-state index contributed by atoms with van der Waals surface area (Å²) in [6.45, 7) is 4.84. The van der Waals surface area contributed by atoms with Crippen LogP contribution in [0.25, 0.3) is 0 Å². The number of morpholine rings is 1. The summed E-state index contributed by atoms with van der Waals surface area (Å²) in [7, 11) is 0. The normalized spacial score (nSPS) is 27.8. The van der Waals surface area contributed by atoms with Gasteiger partial charge in [-0.25, -0.2) is 9.97 Å². The van der Waals surface area contributed by atoms with Crippen LogP contribution in [0.2, 0.25) is 0 Å². The van der Waals surface area contributed by atoms with E-state index >= 15 is 0 Å². The van der Waals surface area contributed by atoms with Crippen molar-refractivity contribution >= 4 is 24.8 Å². The molecule has 3 fully saturated rings. The zero-order chi connectivity index (χ0) is 14.8. The molecular weight excluding hydrogens is 347 g/mol. The third kappa shape index (κ3) is 4.58. The van der Waals surface area contributed by atoms with Gasteiger partial charge in [0.2, 0.25) is 0 Å². The molecule has 0 unspecified atom stereocenters. The number of likely N-dealkylation sites (tertiary alicyclic amines) is 1. The highest BCUT2D eigenvalue weighted by molar-refractivity contribution is 5.85. The minimum absolute atomic E-state index is 0. The molecule has 136 valence electrons. The number of hydrogen-bond acceptors (Lipinski definition) is 5. The lowest BCUT2D eigenvalue weighted by atomic mass is 9.89. The molecule has 1 aromatic heterocycles. The monoisotopic (exact) mass is 374 g/mol. The van der Waals surface area contributed by atoms with E-state index in [1.807, 2.05) is 12.4 Å². The fourth-order valence-corrected chi connectivity index (χ4v) is 4.08. The quantitative estimate of drug-likeness (QED) is 0.880. The molecule has 1 aromatic rings. The standard InChI is InChI=1S/C17H26N4O.2ClH/c1-2-4-14(5-3-1)17-19-8-13(9-20-17)10-21-11-15-16(12-21)22-7-6-18-15;;/h8-9,14-16,18H,1-7,10-12H2;2*1H/t15-,16-;;/m0../s1. The van der Waals surface area contributed by atoms with Gasteiger partial charge in [0, 0.05) is 56.1 Å². The molecule has 3 heterocycles. The highest BCUT2D eigenvalue weighted by Gasteiger charge is 2.35. The first kappa shape index (κ1) is 19.9. The fourth-order valence-electron chi connectivity index (χ4n) is 4.08. The number of nitrogens with one attached hydrogen (secondary N) is 1. The lowest BCUT2D eigenvalue weighted by Crippen LogP contribution is -2.47. The van der Waals surface area contributed by atoms with Gasteiger partial charge in [0.25, 0.3) is 0 Å². The molecule has 0 bridgehead atoms. The molecule has 0 radical (unpaired) electrons. The number of nitrogens with zero attached hydrogens (tertiary/aromatic N) is 3. The van der Waals surface area contributed by atoms with Crippen LogP contribution in [0, 0.1) is 0 Å². The molecule has 4 rings (SSSR count). The SMILES string of the molecule is Cl.Cl.c1nc(C2CCCCC2)ncc1CN1C[C@@H]2NCCO[C@H]2C1. The molecule has 2 aliphatic heterocycles. The Labute approximate surface area is 156 Å². The average molecular weight is 375 g/mol. The van der Waals surface area contributed by atoms with Crippen LogP contribution in [0.5, 0.6) is 0 Å². The number of halogens is 2. The van der Waals surface area contributed by atoms with Crippen LogP contribution < -0.4 is 5.32 Å². The van der Waals surface area contributed by atoms with Gasteiger partial charge in [-0.3, -0.25) is 4.90 Å². The third-order valence-corrected chi connectivity index (χ3v) is 5.28. The maximum atomic E-state index is 5.83. The van der Waals surface area contributed by atoms with Gasteiger partial charge in [0.1, 0.15) is 5.82 Å². The molecular formula is C17H28Cl2N4O. The largest absolute Gasteiger partial charge is 0.374 e. The summed E-state index contributed by atoms with van der Waals surface area (Å²) in [5.41, 5.74) is 1.22. The van der Waals surface area contributed by atoms with Crippen molar-refractivity contribution in [2.45, 2.75) is 56.7 Å². The molecule has 1 saturated carbocycles. The zero-order valence-corrected chi connectivity index (χ0v) is 15.7. The van der Waals surface area contributed by atoms with E-state index in [4.69, 9.17) is 4.74 Å². The second-order valence-corrected chi connectivity index (χ2v) is 6.95. The Morgan fingerprint density at radius 2 is 1.83 bits per heavy atom. The summed E-state index contributed by atoms with van der Waals surface area (Å²) in [6, 6.07) is 0.496. The Morgan fingerprint density at radius 1 is 1.08 bits per heavy atom. The van der Waals surface area contributed by atoms with Gasteiger partial charge in [0.15, 0.2) is 0 Å². The molecule has 2 atom stereocenters. The van der Waals surface area contributed by atoms with E-state index in [-0.39, 0.29) is 24.8 Å². The van der Waals surface area contributed by atoms with Crippen LogP contribution in [-0.4, -0.2) is 53.3 Å². The van der Waals surface area contributed by atoms with Crippen LogP contribution in [0.15, 0.2) is 12.4 Å². The van der Waals surface area contributed by atoms with Crippen LogP contribution in [-0.2, 0) is 11.3 Å². The molecule has 24 heavy (non-hydrogen) atoms. The molecule has 3 aliphatic rings. The smallest absolute Gasteiger partial charge is 0.131 e. The van der Waals surface area contributed by atoms with Crippen LogP contribution in [0.1, 0.15) is 49.4 Å². The van der Waals surface area contributed by atoms with Crippen LogP contribution in [0.4, 0.5) is 0 Å². The van der Waals surface area contributed by atoms with Crippen molar-refractivity contribution in [2.75, 3.05) is 26.2 Å². The van der Waals surface area contributed by atoms with Gasteiger partial charge in [-0.1, -0.05) is 19.3 Å². The van der Waals surface area contributed by atoms with Crippen molar-refractivity contribution in [2.24, 2.45) is 0 Å². The molecule has 1 aliphatic carbocycles. The minimum atomic E-state index is 0. The summed E-state index contributed by atoms with van der Waals surface area (Å²) < 4.78 is 5.83. The highest BCUT2D eigenvalue weighted by atomic mass is 35.5. The Kier molecular flexibility index (Phi) is 7.69. The Balaban J connectivity index is 0.00000104. The fraction of sp³-hybridized carbons (Fsp3) is 0.765. The molecule has 2 saturated heterocycles. The predicted molar refractivity (Wildman–Crippen MR) is 99.2 cm³/mol. The van der Waals surface area contributed by atoms with Gasteiger partial charge in [-0.15, -0.1) is 24.8 Å². The summed E-state index contributed by atoms with van der Waals surface area (Å²) in [5, 5.41) is 3.55. The molecule has 0 aromatic carbocycles. The number of ether oxygens (including phenoxy) is 1. The zero-order valence-electron chi connectivity index (χ0n) is 14.0. The van der Waals surface area contributed by atoms with E-state index in [0.717, 1.165) is 38.6 Å². The lowest BCUT2D eigenvalue weighted by Gasteiger charge is -2.25. The first-order chi connectivity index (χ1) is 10.9. The van der Waals surface area contributed by atoms with Gasteiger partial charge >= 0.3 is 0 Å². The van der Waals surface area contributed by atoms with Crippen molar-refractivity contribution in [1.29, 1.82) is 0 Å². The van der Waals surface area contributed by atoms with Crippen LogP contribution >= 0.6 is 24.8 Å². The van der Waals surface area contributed by atoms with E-state index < -0.39 is 0 Å². The number of hydrogen-bond donors (Lipinski definition) is 1. The Hall–Kier alpha value is -0.460. The van der Waals surface area contributed by atoms with Crippen molar-refractivity contribution in [3.63, 3.8) is 0 Å². The van der Waals surface area contributed by atoms with Crippen molar-refractivity contribution in [3.8, 4) is 0 Å².